The average molecular weight is 232 g/mol. The van der Waals surface area contributed by atoms with E-state index in [4.69, 9.17) is 0 Å². The Morgan fingerprint density at radius 2 is 1.53 bits per heavy atom. The molecule has 94 valence electrons. The van der Waals surface area contributed by atoms with Crippen molar-refractivity contribution in [3.63, 3.8) is 0 Å². The second-order valence-corrected chi connectivity index (χ2v) is 6.26. The first-order valence-electron chi connectivity index (χ1n) is 6.40. The lowest BCUT2D eigenvalue weighted by Gasteiger charge is -2.16. The molecule has 0 N–H and O–H groups in total. The van der Waals surface area contributed by atoms with Crippen LogP contribution in [0.25, 0.3) is 0 Å². The van der Waals surface area contributed by atoms with Crippen molar-refractivity contribution in [2.45, 2.75) is 47.5 Å². The summed E-state index contributed by atoms with van der Waals surface area (Å²) in [5.74, 6) is 0.978. The highest BCUT2D eigenvalue weighted by atomic mass is 16.1. The molecule has 1 rings (SSSR count). The van der Waals surface area contributed by atoms with Crippen molar-refractivity contribution in [2.24, 2.45) is 11.3 Å². The molecule has 1 heteroatoms. The van der Waals surface area contributed by atoms with Crippen LogP contribution < -0.4 is 0 Å². The number of Topliss-reactive ketones (excluding diaryl/α,β-unsaturated/α-hetero) is 1. The van der Waals surface area contributed by atoms with Crippen LogP contribution in [0, 0.1) is 11.3 Å². The fourth-order valence-corrected chi connectivity index (χ4v) is 1.72. The van der Waals surface area contributed by atoms with E-state index in [9.17, 15) is 4.79 Å². The fraction of sp³-hybridized carbons (Fsp3) is 0.562. The molecule has 17 heavy (non-hydrogen) atoms. The molecule has 0 bridgehead atoms. The van der Waals surface area contributed by atoms with Crippen LogP contribution >= 0.6 is 0 Å². The van der Waals surface area contributed by atoms with E-state index in [0.29, 0.717) is 18.1 Å². The molecule has 1 aromatic carbocycles. The maximum Gasteiger partial charge on any atom is 0.142 e. The standard InChI is InChI=1S/C16H24O/c1-12(2)10-13-6-8-14(9-7-13)11-15(17)16(3,4)5/h6-9,12H,10-11H2,1-5H3. The highest BCUT2D eigenvalue weighted by Crippen LogP contribution is 2.18. The summed E-state index contributed by atoms with van der Waals surface area (Å²) in [6, 6.07) is 8.46. The minimum atomic E-state index is -0.239. The van der Waals surface area contributed by atoms with Crippen LogP contribution in [0.1, 0.15) is 45.7 Å². The average Bonchev–Trinajstić information content (AvgIpc) is 2.18. The maximum absolute atomic E-state index is 11.9. The van der Waals surface area contributed by atoms with Gasteiger partial charge in [-0.25, -0.2) is 0 Å². The van der Waals surface area contributed by atoms with Gasteiger partial charge in [0.15, 0.2) is 0 Å². The van der Waals surface area contributed by atoms with Crippen molar-refractivity contribution in [2.75, 3.05) is 0 Å². The molecule has 0 amide bonds. The molecular weight excluding hydrogens is 208 g/mol. The lowest BCUT2D eigenvalue weighted by molar-refractivity contribution is -0.125. The Morgan fingerprint density at radius 3 is 1.94 bits per heavy atom. The van der Waals surface area contributed by atoms with Crippen LogP contribution in [0.3, 0.4) is 0 Å². The van der Waals surface area contributed by atoms with Crippen LogP contribution in [0.2, 0.25) is 0 Å². The molecule has 0 aliphatic carbocycles. The third-order valence-electron chi connectivity index (χ3n) is 2.87. The number of carbonyl (C=O) groups is 1. The van der Waals surface area contributed by atoms with Gasteiger partial charge in [0, 0.05) is 11.8 Å². The second-order valence-electron chi connectivity index (χ2n) is 6.26. The third-order valence-corrected chi connectivity index (χ3v) is 2.87. The summed E-state index contributed by atoms with van der Waals surface area (Å²) >= 11 is 0. The summed E-state index contributed by atoms with van der Waals surface area (Å²) in [5, 5.41) is 0. The van der Waals surface area contributed by atoms with Crippen molar-refractivity contribution < 1.29 is 4.79 Å². The largest absolute Gasteiger partial charge is 0.299 e. The smallest absolute Gasteiger partial charge is 0.142 e. The van der Waals surface area contributed by atoms with E-state index in [0.717, 1.165) is 12.0 Å². The zero-order chi connectivity index (χ0) is 13.1. The number of hydrogen-bond donors (Lipinski definition) is 0. The van der Waals surface area contributed by atoms with Gasteiger partial charge in [0.1, 0.15) is 5.78 Å². The predicted octanol–water partition coefficient (Wildman–Crippen LogP) is 4.04. The normalized spacial score (nSPS) is 11.9. The van der Waals surface area contributed by atoms with Crippen molar-refractivity contribution in [1.29, 1.82) is 0 Å². The Kier molecular flexibility index (Phi) is 4.50. The fourth-order valence-electron chi connectivity index (χ4n) is 1.72. The molecule has 0 saturated carbocycles. The van der Waals surface area contributed by atoms with Crippen LogP contribution in [0.4, 0.5) is 0 Å². The highest BCUT2D eigenvalue weighted by molar-refractivity contribution is 5.85. The van der Waals surface area contributed by atoms with E-state index in [1.807, 2.05) is 20.8 Å². The van der Waals surface area contributed by atoms with E-state index >= 15 is 0 Å². The van der Waals surface area contributed by atoms with Gasteiger partial charge in [0.05, 0.1) is 0 Å². The Labute approximate surface area is 105 Å². The molecule has 1 nitrogen and oxygen atoms in total. The predicted molar refractivity (Wildman–Crippen MR) is 73.2 cm³/mol. The molecule has 0 aliphatic heterocycles. The Hall–Kier alpha value is -1.11. The third kappa shape index (κ3) is 4.72. The minimum Gasteiger partial charge on any atom is -0.299 e. The molecule has 0 aliphatic rings. The van der Waals surface area contributed by atoms with Gasteiger partial charge in [-0.3, -0.25) is 4.79 Å². The van der Waals surface area contributed by atoms with Crippen molar-refractivity contribution >= 4 is 5.78 Å². The lowest BCUT2D eigenvalue weighted by atomic mass is 9.87. The van der Waals surface area contributed by atoms with Gasteiger partial charge < -0.3 is 0 Å². The Morgan fingerprint density at radius 1 is 1.06 bits per heavy atom. The monoisotopic (exact) mass is 232 g/mol. The molecule has 0 saturated heterocycles. The van der Waals surface area contributed by atoms with Crippen molar-refractivity contribution in [1.82, 2.24) is 0 Å². The van der Waals surface area contributed by atoms with Crippen LogP contribution in [0.15, 0.2) is 24.3 Å². The minimum absolute atomic E-state index is 0.239. The zero-order valence-corrected chi connectivity index (χ0v) is 11.7. The summed E-state index contributed by atoms with van der Waals surface area (Å²) in [6.45, 7) is 10.4. The Balaban J connectivity index is 2.66. The maximum atomic E-state index is 11.9. The van der Waals surface area contributed by atoms with Crippen LogP contribution in [0.5, 0.6) is 0 Å². The topological polar surface area (TPSA) is 17.1 Å². The SMILES string of the molecule is CC(C)Cc1ccc(CC(=O)C(C)(C)C)cc1. The molecular formula is C16H24O. The number of carbonyl (C=O) groups excluding carboxylic acids is 1. The van der Waals surface area contributed by atoms with Gasteiger partial charge in [0.2, 0.25) is 0 Å². The first-order chi connectivity index (χ1) is 7.79. The van der Waals surface area contributed by atoms with Crippen LogP contribution in [-0.4, -0.2) is 5.78 Å². The molecule has 0 unspecified atom stereocenters. The van der Waals surface area contributed by atoms with Crippen molar-refractivity contribution in [3.05, 3.63) is 35.4 Å². The first-order valence-corrected chi connectivity index (χ1v) is 6.40. The summed E-state index contributed by atoms with van der Waals surface area (Å²) in [6.07, 6.45) is 1.65. The lowest BCUT2D eigenvalue weighted by Crippen LogP contribution is -2.22. The van der Waals surface area contributed by atoms with Gasteiger partial charge in [-0.05, 0) is 23.5 Å². The van der Waals surface area contributed by atoms with Gasteiger partial charge >= 0.3 is 0 Å². The quantitative estimate of drug-likeness (QED) is 0.765. The molecule has 1 aromatic rings. The molecule has 0 heterocycles. The van der Waals surface area contributed by atoms with E-state index in [1.165, 1.54) is 5.56 Å². The molecule has 0 spiro atoms. The second kappa shape index (κ2) is 5.48. The number of ketones is 1. The highest BCUT2D eigenvalue weighted by Gasteiger charge is 2.20. The molecule has 0 atom stereocenters. The molecule has 0 aromatic heterocycles. The number of hydrogen-bond acceptors (Lipinski definition) is 1. The van der Waals surface area contributed by atoms with Gasteiger partial charge in [-0.1, -0.05) is 58.9 Å². The molecule has 0 radical (unpaired) electrons. The van der Waals surface area contributed by atoms with Gasteiger partial charge in [0.25, 0.3) is 0 Å². The zero-order valence-electron chi connectivity index (χ0n) is 11.7. The summed E-state index contributed by atoms with van der Waals surface area (Å²) in [5.41, 5.74) is 2.24. The number of benzene rings is 1. The summed E-state index contributed by atoms with van der Waals surface area (Å²) in [7, 11) is 0. The first kappa shape index (κ1) is 14.0. The molecule has 0 fully saturated rings. The summed E-state index contributed by atoms with van der Waals surface area (Å²) < 4.78 is 0. The van der Waals surface area contributed by atoms with E-state index in [2.05, 4.69) is 38.1 Å². The van der Waals surface area contributed by atoms with E-state index in [-0.39, 0.29) is 5.41 Å². The van der Waals surface area contributed by atoms with Gasteiger partial charge in [-0.2, -0.15) is 0 Å². The Bertz CT molecular complexity index is 366. The van der Waals surface area contributed by atoms with Crippen molar-refractivity contribution in [3.8, 4) is 0 Å². The van der Waals surface area contributed by atoms with E-state index < -0.39 is 0 Å². The van der Waals surface area contributed by atoms with E-state index in [1.54, 1.807) is 0 Å². The van der Waals surface area contributed by atoms with Crippen LogP contribution in [-0.2, 0) is 17.6 Å². The van der Waals surface area contributed by atoms with Gasteiger partial charge in [-0.15, -0.1) is 0 Å². The summed E-state index contributed by atoms with van der Waals surface area (Å²) in [4.78, 5) is 11.9. The number of rotatable bonds is 4.